The summed E-state index contributed by atoms with van der Waals surface area (Å²) in [7, 11) is -8.59. The highest BCUT2D eigenvalue weighted by Gasteiger charge is 2.28. The molecule has 0 unspecified atom stereocenters. The molecular weight excluding hydrogens is 406 g/mol. The van der Waals surface area contributed by atoms with E-state index >= 15 is 0 Å². The first-order chi connectivity index (χ1) is 13.7. The van der Waals surface area contributed by atoms with E-state index < -0.39 is 20.0 Å². The fraction of sp³-hybridized carbons (Fsp3) is 0.0909. The first-order valence-corrected chi connectivity index (χ1v) is 11.9. The van der Waals surface area contributed by atoms with Gasteiger partial charge < -0.3 is 0 Å². The zero-order valence-electron chi connectivity index (χ0n) is 15.9. The highest BCUT2D eigenvalue weighted by Crippen LogP contribution is 2.28. The van der Waals surface area contributed by atoms with Crippen LogP contribution in [0, 0.1) is 13.8 Å². The molecule has 7 heteroatoms. The van der Waals surface area contributed by atoms with Crippen molar-refractivity contribution in [2.75, 3.05) is 0 Å². The lowest BCUT2D eigenvalue weighted by Gasteiger charge is -2.14. The topological polar surface area (TPSA) is 80.3 Å². The highest BCUT2D eigenvalue weighted by atomic mass is 32.3. The van der Waals surface area contributed by atoms with Gasteiger partial charge in [0.05, 0.1) is 9.79 Å². The van der Waals surface area contributed by atoms with E-state index in [0.29, 0.717) is 11.1 Å². The first-order valence-electron chi connectivity index (χ1n) is 8.96. The Morgan fingerprint density at radius 1 is 0.552 bits per heavy atom. The summed E-state index contributed by atoms with van der Waals surface area (Å²) in [6.45, 7) is 3.34. The zero-order valence-corrected chi connectivity index (χ0v) is 17.5. The standard InChI is InChI=1S/C22H19NO4S2/c1-15-19-9-5-3-7-17(19)11-13-21(15)28(24,25)23-29(26,27)22-14-12-18-8-4-6-10-20(18)16(22)2/h3-14,23H,1-2H3. The van der Waals surface area contributed by atoms with E-state index in [-0.39, 0.29) is 9.79 Å². The van der Waals surface area contributed by atoms with Gasteiger partial charge in [-0.3, -0.25) is 0 Å². The Balaban J connectivity index is 1.80. The second-order valence-electron chi connectivity index (χ2n) is 6.91. The Kier molecular flexibility index (Phi) is 4.69. The summed E-state index contributed by atoms with van der Waals surface area (Å²) >= 11 is 0. The molecule has 4 rings (SSSR count). The third-order valence-corrected chi connectivity index (χ3v) is 8.89. The number of benzene rings is 4. The lowest BCUT2D eigenvalue weighted by Crippen LogP contribution is -2.31. The van der Waals surface area contributed by atoms with E-state index in [1.54, 1.807) is 26.0 Å². The Labute approximate surface area is 170 Å². The Bertz CT molecular complexity index is 1360. The van der Waals surface area contributed by atoms with Gasteiger partial charge in [0.1, 0.15) is 0 Å². The maximum Gasteiger partial charge on any atom is 0.254 e. The summed E-state index contributed by atoms with van der Waals surface area (Å²) in [6.07, 6.45) is 0. The van der Waals surface area contributed by atoms with Crippen molar-refractivity contribution in [2.24, 2.45) is 0 Å². The van der Waals surface area contributed by atoms with Crippen LogP contribution >= 0.6 is 0 Å². The van der Waals surface area contributed by atoms with Gasteiger partial charge in [-0.2, -0.15) is 0 Å². The van der Waals surface area contributed by atoms with E-state index in [1.165, 1.54) is 12.1 Å². The molecular formula is C22H19NO4S2. The van der Waals surface area contributed by atoms with Crippen LogP contribution in [0.15, 0.2) is 82.6 Å². The first kappa shape index (κ1) is 19.6. The molecule has 0 amide bonds. The van der Waals surface area contributed by atoms with Crippen LogP contribution in [-0.4, -0.2) is 16.8 Å². The van der Waals surface area contributed by atoms with E-state index in [4.69, 9.17) is 0 Å². The third-order valence-electron chi connectivity index (χ3n) is 5.10. The van der Waals surface area contributed by atoms with E-state index in [2.05, 4.69) is 0 Å². The van der Waals surface area contributed by atoms with Crippen molar-refractivity contribution in [1.29, 1.82) is 0 Å². The number of fused-ring (bicyclic) bond motifs is 2. The summed E-state index contributed by atoms with van der Waals surface area (Å²) in [6, 6.07) is 20.9. The van der Waals surface area contributed by atoms with Crippen molar-refractivity contribution in [2.45, 2.75) is 23.6 Å². The molecule has 1 N–H and O–H groups in total. The van der Waals surface area contributed by atoms with Crippen molar-refractivity contribution < 1.29 is 16.8 Å². The van der Waals surface area contributed by atoms with Gasteiger partial charge in [0.2, 0.25) is 0 Å². The highest BCUT2D eigenvalue weighted by molar-refractivity contribution is 8.04. The molecule has 0 saturated carbocycles. The molecule has 0 heterocycles. The molecule has 0 saturated heterocycles. The van der Waals surface area contributed by atoms with E-state index in [9.17, 15) is 16.8 Å². The summed E-state index contributed by atoms with van der Waals surface area (Å²) in [5, 5.41) is 3.29. The molecule has 0 bridgehead atoms. The van der Waals surface area contributed by atoms with Crippen molar-refractivity contribution in [1.82, 2.24) is 4.13 Å². The monoisotopic (exact) mass is 425 g/mol. The van der Waals surface area contributed by atoms with Gasteiger partial charge >= 0.3 is 0 Å². The van der Waals surface area contributed by atoms with Crippen molar-refractivity contribution in [3.8, 4) is 0 Å². The molecule has 0 atom stereocenters. The number of rotatable bonds is 4. The number of aryl methyl sites for hydroxylation is 2. The number of nitrogens with one attached hydrogen (secondary N) is 1. The zero-order chi connectivity index (χ0) is 20.8. The van der Waals surface area contributed by atoms with Crippen LogP contribution in [0.2, 0.25) is 0 Å². The van der Waals surface area contributed by atoms with E-state index in [1.807, 2.05) is 52.7 Å². The van der Waals surface area contributed by atoms with Gasteiger partial charge in [-0.05, 0) is 58.7 Å². The molecule has 0 aliphatic carbocycles. The van der Waals surface area contributed by atoms with Crippen LogP contribution in [0.1, 0.15) is 11.1 Å². The average molecular weight is 426 g/mol. The molecule has 0 aromatic heterocycles. The fourth-order valence-corrected chi connectivity index (χ4v) is 7.02. The largest absolute Gasteiger partial charge is 0.254 e. The van der Waals surface area contributed by atoms with Crippen LogP contribution < -0.4 is 4.13 Å². The number of hydrogen-bond donors (Lipinski definition) is 1. The van der Waals surface area contributed by atoms with Crippen molar-refractivity contribution in [3.05, 3.63) is 83.9 Å². The van der Waals surface area contributed by atoms with Gasteiger partial charge in [-0.1, -0.05) is 60.7 Å². The predicted molar refractivity (Wildman–Crippen MR) is 115 cm³/mol. The molecule has 0 fully saturated rings. The summed E-state index contributed by atoms with van der Waals surface area (Å²) in [5.74, 6) is 0. The lowest BCUT2D eigenvalue weighted by molar-refractivity contribution is 0.576. The smallest absolute Gasteiger partial charge is 0.206 e. The number of hydrogen-bond acceptors (Lipinski definition) is 4. The summed E-state index contributed by atoms with van der Waals surface area (Å²) in [5.41, 5.74) is 1.00. The summed E-state index contributed by atoms with van der Waals surface area (Å²) in [4.78, 5) is -0.114. The van der Waals surface area contributed by atoms with Gasteiger partial charge in [0, 0.05) is 0 Å². The van der Waals surface area contributed by atoms with Crippen LogP contribution in [0.25, 0.3) is 21.5 Å². The van der Waals surface area contributed by atoms with Crippen molar-refractivity contribution >= 4 is 41.6 Å². The van der Waals surface area contributed by atoms with Crippen LogP contribution in [0.3, 0.4) is 0 Å². The van der Waals surface area contributed by atoms with Gasteiger partial charge in [0.15, 0.2) is 0 Å². The normalized spacial score (nSPS) is 12.5. The minimum Gasteiger partial charge on any atom is -0.206 e. The third kappa shape index (κ3) is 3.42. The fourth-order valence-electron chi connectivity index (χ4n) is 3.63. The Morgan fingerprint density at radius 2 is 0.931 bits per heavy atom. The molecule has 0 spiro atoms. The Hall–Kier alpha value is -2.74. The molecule has 4 aromatic carbocycles. The maximum absolute atomic E-state index is 13.0. The second kappa shape index (κ2) is 6.95. The van der Waals surface area contributed by atoms with Crippen LogP contribution in [-0.2, 0) is 20.0 Å². The lowest BCUT2D eigenvalue weighted by atomic mass is 10.1. The molecule has 5 nitrogen and oxygen atoms in total. The Morgan fingerprint density at radius 3 is 1.34 bits per heavy atom. The minimum absolute atomic E-state index is 0.0572. The average Bonchev–Trinajstić information content (AvgIpc) is 2.67. The molecule has 29 heavy (non-hydrogen) atoms. The SMILES string of the molecule is Cc1c(S(=O)(=O)NS(=O)(=O)c2ccc3ccccc3c2C)ccc2ccccc12. The molecule has 0 aliphatic rings. The quantitative estimate of drug-likeness (QED) is 0.529. The number of sulfonamides is 2. The van der Waals surface area contributed by atoms with Crippen LogP contribution in [0.5, 0.6) is 0 Å². The van der Waals surface area contributed by atoms with Gasteiger partial charge in [-0.25, -0.2) is 16.8 Å². The molecule has 0 aliphatic heterocycles. The second-order valence-corrected chi connectivity index (χ2v) is 10.5. The molecule has 4 aromatic rings. The van der Waals surface area contributed by atoms with Gasteiger partial charge in [-0.15, -0.1) is 4.13 Å². The summed E-state index contributed by atoms with van der Waals surface area (Å²) < 4.78 is 53.8. The minimum atomic E-state index is -4.30. The van der Waals surface area contributed by atoms with Crippen molar-refractivity contribution in [3.63, 3.8) is 0 Å². The molecule has 0 radical (unpaired) electrons. The maximum atomic E-state index is 13.0. The van der Waals surface area contributed by atoms with E-state index in [0.717, 1.165) is 21.5 Å². The van der Waals surface area contributed by atoms with Crippen LogP contribution in [0.4, 0.5) is 0 Å². The van der Waals surface area contributed by atoms with Gasteiger partial charge in [0.25, 0.3) is 20.0 Å². The predicted octanol–water partition coefficient (Wildman–Crippen LogP) is 4.28. The molecule has 148 valence electrons.